The summed E-state index contributed by atoms with van der Waals surface area (Å²) in [5.41, 5.74) is 2.49. The number of nitrogens with zero attached hydrogens (tertiary/aromatic N) is 5. The fourth-order valence-corrected chi connectivity index (χ4v) is 4.01. The first-order valence-electron chi connectivity index (χ1n) is 10.1. The van der Waals surface area contributed by atoms with E-state index < -0.39 is 0 Å². The molecule has 8 heteroatoms. The lowest BCUT2D eigenvalue weighted by Gasteiger charge is -2.55. The molecule has 2 aliphatic rings. The third-order valence-electron chi connectivity index (χ3n) is 5.67. The van der Waals surface area contributed by atoms with E-state index in [9.17, 15) is 9.90 Å². The van der Waals surface area contributed by atoms with Crippen LogP contribution < -0.4 is 10.5 Å². The number of aromatic nitrogens is 4. The predicted octanol–water partition coefficient (Wildman–Crippen LogP) is 2.09. The second-order valence-electron chi connectivity index (χ2n) is 8.03. The van der Waals surface area contributed by atoms with Gasteiger partial charge in [0.2, 0.25) is 0 Å². The minimum atomic E-state index is -0.137. The van der Waals surface area contributed by atoms with E-state index in [4.69, 9.17) is 4.74 Å². The monoisotopic (exact) mass is 421 g/mol. The number of anilines is 1. The molecule has 8 nitrogen and oxygen atoms in total. The van der Waals surface area contributed by atoms with Crippen LogP contribution in [0.4, 0.5) is 5.82 Å². The van der Waals surface area contributed by atoms with Gasteiger partial charge in [0, 0.05) is 49.5 Å². The van der Waals surface area contributed by atoms with Crippen LogP contribution in [0.5, 0.6) is 0 Å². The van der Waals surface area contributed by atoms with E-state index in [1.165, 1.54) is 0 Å². The Hall–Kier alpha value is -3.10. The maximum Gasteiger partial charge on any atom is 0.298 e. The molecule has 0 radical (unpaired) electrons. The van der Waals surface area contributed by atoms with Crippen molar-refractivity contribution >= 4 is 5.82 Å². The third kappa shape index (κ3) is 3.96. The second kappa shape index (κ2) is 8.56. The summed E-state index contributed by atoms with van der Waals surface area (Å²) in [6, 6.07) is 9.39. The van der Waals surface area contributed by atoms with Gasteiger partial charge in [-0.05, 0) is 43.2 Å². The number of rotatable bonds is 6. The minimum Gasteiger partial charge on any atom is -0.396 e. The number of hydrogen-bond donors (Lipinski definition) is 1. The summed E-state index contributed by atoms with van der Waals surface area (Å²) in [6.07, 6.45) is 6.40. The number of hydrogen-bond acceptors (Lipinski definition) is 7. The van der Waals surface area contributed by atoms with Gasteiger partial charge >= 0.3 is 0 Å². The molecule has 1 N–H and O–H groups in total. The van der Waals surface area contributed by atoms with Crippen molar-refractivity contribution in [2.75, 3.05) is 37.8 Å². The molecule has 1 aromatic carbocycles. The summed E-state index contributed by atoms with van der Waals surface area (Å²) >= 11 is 0. The van der Waals surface area contributed by atoms with Crippen molar-refractivity contribution in [1.82, 2.24) is 19.5 Å². The number of ether oxygens (including phenoxy) is 1. The largest absolute Gasteiger partial charge is 0.396 e. The van der Waals surface area contributed by atoms with Gasteiger partial charge in [0.1, 0.15) is 0 Å². The van der Waals surface area contributed by atoms with Crippen LogP contribution in [-0.4, -0.2) is 57.5 Å². The van der Waals surface area contributed by atoms with E-state index in [1.54, 1.807) is 29.2 Å². The van der Waals surface area contributed by atoms with E-state index in [2.05, 4.69) is 15.0 Å². The Morgan fingerprint density at radius 1 is 1.10 bits per heavy atom. The molecule has 0 unspecified atom stereocenters. The van der Waals surface area contributed by atoms with E-state index in [1.807, 2.05) is 29.2 Å². The van der Waals surface area contributed by atoms with Crippen LogP contribution in [0.15, 0.2) is 53.7 Å². The van der Waals surface area contributed by atoms with Crippen molar-refractivity contribution in [3.63, 3.8) is 0 Å². The Labute approximate surface area is 181 Å². The Morgan fingerprint density at radius 2 is 1.81 bits per heavy atom. The smallest absolute Gasteiger partial charge is 0.298 e. The van der Waals surface area contributed by atoms with Crippen LogP contribution in [0.3, 0.4) is 0 Å². The molecule has 0 atom stereocenters. The number of aliphatic hydroxyl groups excluding tert-OH is 1. The summed E-state index contributed by atoms with van der Waals surface area (Å²) in [4.78, 5) is 28.5. The van der Waals surface area contributed by atoms with Crippen molar-refractivity contribution in [1.29, 1.82) is 0 Å². The average Bonchev–Trinajstić information content (AvgIpc) is 2.72. The highest BCUT2D eigenvalue weighted by Gasteiger charge is 2.50. The fourth-order valence-electron chi connectivity index (χ4n) is 4.01. The van der Waals surface area contributed by atoms with Crippen molar-refractivity contribution in [3.8, 4) is 17.1 Å². The van der Waals surface area contributed by atoms with E-state index in [0.29, 0.717) is 24.5 Å². The van der Waals surface area contributed by atoms with E-state index in [0.717, 1.165) is 43.2 Å². The summed E-state index contributed by atoms with van der Waals surface area (Å²) in [6.45, 7) is 3.19. The molecule has 162 valence electrons. The Kier molecular flexibility index (Phi) is 5.84. The first-order chi connectivity index (χ1) is 14.7. The second-order valence-corrected chi connectivity index (χ2v) is 8.03. The summed E-state index contributed by atoms with van der Waals surface area (Å²) < 4.78 is 6.99. The fraction of sp³-hybridized carbons (Fsp3) is 0.391. The molecule has 2 aromatic heterocycles. The highest BCUT2D eigenvalue weighted by Crippen LogP contribution is 2.38. The maximum atomic E-state index is 13.3. The molecule has 0 amide bonds. The topological polar surface area (TPSA) is 93.4 Å². The SMILES string of the molecule is C.O=c1c(N2CC3(COC3)C2)nc(CCCO)cn1-c1ccc(-c2ncccn2)cc1. The summed E-state index contributed by atoms with van der Waals surface area (Å²) in [5, 5.41) is 9.22. The number of benzene rings is 1. The average molecular weight is 422 g/mol. The molecule has 2 fully saturated rings. The van der Waals surface area contributed by atoms with Crippen LogP contribution in [0.1, 0.15) is 19.5 Å². The van der Waals surface area contributed by atoms with Crippen LogP contribution in [0.2, 0.25) is 0 Å². The molecule has 0 saturated carbocycles. The zero-order valence-corrected chi connectivity index (χ0v) is 16.6. The number of aryl methyl sites for hydroxylation is 1. The molecular weight excluding hydrogens is 394 g/mol. The lowest BCUT2D eigenvalue weighted by molar-refractivity contribution is -0.127. The number of aliphatic hydroxyl groups is 1. The van der Waals surface area contributed by atoms with Crippen molar-refractivity contribution in [2.24, 2.45) is 5.41 Å². The van der Waals surface area contributed by atoms with Gasteiger partial charge in [-0.3, -0.25) is 9.36 Å². The molecule has 0 bridgehead atoms. The maximum absolute atomic E-state index is 13.3. The van der Waals surface area contributed by atoms with Crippen LogP contribution in [-0.2, 0) is 11.2 Å². The van der Waals surface area contributed by atoms with Gasteiger partial charge in [-0.15, -0.1) is 0 Å². The molecule has 4 heterocycles. The van der Waals surface area contributed by atoms with Crippen LogP contribution in [0.25, 0.3) is 17.1 Å². The Balaban J connectivity index is 0.00000231. The van der Waals surface area contributed by atoms with Gasteiger partial charge in [-0.2, -0.15) is 0 Å². The van der Waals surface area contributed by atoms with Gasteiger partial charge in [0.05, 0.1) is 24.3 Å². The standard InChI is InChI=1S/C22H23N5O3.CH4/c28-10-1-3-17-11-27(18-6-4-16(5-7-18)19-23-8-2-9-24-19)21(29)20(25-17)26-12-22(13-26)14-30-15-22;/h2,4-9,11,28H,1,3,10,12-15H2;1H4. The van der Waals surface area contributed by atoms with E-state index in [-0.39, 0.29) is 25.0 Å². The molecule has 3 aromatic rings. The molecule has 0 aliphatic carbocycles. The molecule has 2 aliphatic heterocycles. The highest BCUT2D eigenvalue weighted by molar-refractivity contribution is 5.57. The third-order valence-corrected chi connectivity index (χ3v) is 5.67. The first kappa shape index (κ1) is 21.1. The lowest BCUT2D eigenvalue weighted by Crippen LogP contribution is -2.67. The quantitative estimate of drug-likeness (QED) is 0.651. The molecule has 31 heavy (non-hydrogen) atoms. The zero-order valence-electron chi connectivity index (χ0n) is 16.6. The normalized spacial score (nSPS) is 16.4. The lowest BCUT2D eigenvalue weighted by atomic mass is 9.78. The predicted molar refractivity (Wildman–Crippen MR) is 118 cm³/mol. The molecule has 5 rings (SSSR count). The van der Waals surface area contributed by atoms with Gasteiger partial charge in [-0.25, -0.2) is 15.0 Å². The van der Waals surface area contributed by atoms with Crippen LogP contribution >= 0.6 is 0 Å². The molecular formula is C23H27N5O3. The van der Waals surface area contributed by atoms with Crippen molar-refractivity contribution < 1.29 is 9.84 Å². The van der Waals surface area contributed by atoms with Crippen molar-refractivity contribution in [2.45, 2.75) is 20.3 Å². The molecule has 2 saturated heterocycles. The van der Waals surface area contributed by atoms with Crippen molar-refractivity contribution in [3.05, 3.63) is 65.0 Å². The van der Waals surface area contributed by atoms with Gasteiger partial charge in [0.25, 0.3) is 5.56 Å². The Bertz CT molecular complexity index is 1090. The highest BCUT2D eigenvalue weighted by atomic mass is 16.5. The van der Waals surface area contributed by atoms with Gasteiger partial charge in [-0.1, -0.05) is 7.43 Å². The van der Waals surface area contributed by atoms with Crippen LogP contribution in [0, 0.1) is 5.41 Å². The minimum absolute atomic E-state index is 0. The summed E-state index contributed by atoms with van der Waals surface area (Å²) in [7, 11) is 0. The molecule has 1 spiro atoms. The van der Waals surface area contributed by atoms with Gasteiger partial charge in [0.15, 0.2) is 11.6 Å². The van der Waals surface area contributed by atoms with E-state index >= 15 is 0 Å². The summed E-state index contributed by atoms with van der Waals surface area (Å²) in [5.74, 6) is 1.11. The Morgan fingerprint density at radius 3 is 2.42 bits per heavy atom. The zero-order chi connectivity index (χ0) is 20.6. The first-order valence-corrected chi connectivity index (χ1v) is 10.1. The van der Waals surface area contributed by atoms with Gasteiger partial charge < -0.3 is 14.7 Å².